The van der Waals surface area contributed by atoms with Gasteiger partial charge in [-0.15, -0.1) is 0 Å². The van der Waals surface area contributed by atoms with E-state index in [9.17, 15) is 5.11 Å². The molecule has 1 unspecified atom stereocenters. The number of rotatable bonds is 9. The molecule has 0 fully saturated rings. The Morgan fingerprint density at radius 1 is 1.24 bits per heavy atom. The average Bonchev–Trinajstić information content (AvgIpc) is 3.01. The number of aliphatic hydroxyl groups excluding tert-OH is 1. The van der Waals surface area contributed by atoms with E-state index in [-0.39, 0.29) is 0 Å². The maximum absolute atomic E-state index is 10.4. The highest BCUT2D eigenvalue weighted by Gasteiger charge is 2.14. The second-order valence-corrected chi connectivity index (χ2v) is 5.92. The molecule has 0 amide bonds. The van der Waals surface area contributed by atoms with Crippen molar-refractivity contribution in [3.63, 3.8) is 0 Å². The first-order valence-corrected chi connectivity index (χ1v) is 8.19. The van der Waals surface area contributed by atoms with E-state index < -0.39 is 6.10 Å². The first-order chi connectivity index (χ1) is 10.3. The van der Waals surface area contributed by atoms with Crippen molar-refractivity contribution in [1.29, 1.82) is 0 Å². The van der Waals surface area contributed by atoms with Gasteiger partial charge in [0.05, 0.1) is 6.10 Å². The van der Waals surface area contributed by atoms with Crippen molar-refractivity contribution in [1.82, 2.24) is 4.90 Å². The number of aliphatic hydroxyl groups is 1. The summed E-state index contributed by atoms with van der Waals surface area (Å²) < 4.78 is 5.13. The molecule has 0 bridgehead atoms. The van der Waals surface area contributed by atoms with Crippen molar-refractivity contribution < 1.29 is 9.84 Å². The number of hydrogen-bond acceptors (Lipinski definition) is 4. The van der Waals surface area contributed by atoms with Gasteiger partial charge in [-0.25, -0.2) is 0 Å². The molecule has 0 aliphatic carbocycles. The number of thiophene rings is 1. The van der Waals surface area contributed by atoms with Gasteiger partial charge in [-0.1, -0.05) is 30.3 Å². The number of benzene rings is 1. The summed E-state index contributed by atoms with van der Waals surface area (Å²) in [6, 6.07) is 12.0. The summed E-state index contributed by atoms with van der Waals surface area (Å²) in [5, 5.41) is 14.7. The van der Waals surface area contributed by atoms with Gasteiger partial charge in [0.15, 0.2) is 0 Å². The third-order valence-corrected chi connectivity index (χ3v) is 4.16. The lowest BCUT2D eigenvalue weighted by atomic mass is 10.1. The van der Waals surface area contributed by atoms with Gasteiger partial charge in [-0.3, -0.25) is 4.90 Å². The van der Waals surface area contributed by atoms with E-state index >= 15 is 0 Å². The molecule has 1 aromatic carbocycles. The Hall–Kier alpha value is -1.20. The number of methoxy groups -OCH3 is 1. The van der Waals surface area contributed by atoms with Gasteiger partial charge in [0, 0.05) is 33.4 Å². The van der Waals surface area contributed by atoms with Gasteiger partial charge < -0.3 is 9.84 Å². The normalized spacial score (nSPS) is 12.7. The Morgan fingerprint density at radius 2 is 2.05 bits per heavy atom. The maximum Gasteiger partial charge on any atom is 0.0917 e. The minimum Gasteiger partial charge on any atom is -0.387 e. The molecule has 21 heavy (non-hydrogen) atoms. The van der Waals surface area contributed by atoms with E-state index in [1.54, 1.807) is 18.4 Å². The van der Waals surface area contributed by atoms with E-state index in [0.717, 1.165) is 31.7 Å². The fraction of sp³-hybridized carbons (Fsp3) is 0.412. The lowest BCUT2D eigenvalue weighted by molar-refractivity contribution is 0.0996. The predicted molar refractivity (Wildman–Crippen MR) is 87.5 cm³/mol. The molecule has 1 N–H and O–H groups in total. The van der Waals surface area contributed by atoms with Crippen LogP contribution in [0.4, 0.5) is 0 Å². The smallest absolute Gasteiger partial charge is 0.0917 e. The van der Waals surface area contributed by atoms with Gasteiger partial charge in [-0.2, -0.15) is 11.3 Å². The van der Waals surface area contributed by atoms with Gasteiger partial charge >= 0.3 is 0 Å². The van der Waals surface area contributed by atoms with Gasteiger partial charge in [-0.05, 0) is 34.4 Å². The highest BCUT2D eigenvalue weighted by atomic mass is 32.1. The van der Waals surface area contributed by atoms with E-state index in [1.165, 1.54) is 5.56 Å². The molecule has 0 aliphatic heterocycles. The number of nitrogens with zero attached hydrogens (tertiary/aromatic N) is 1. The zero-order chi connectivity index (χ0) is 14.9. The zero-order valence-corrected chi connectivity index (χ0v) is 13.3. The van der Waals surface area contributed by atoms with E-state index in [1.807, 2.05) is 30.3 Å². The van der Waals surface area contributed by atoms with Crippen molar-refractivity contribution in [3.8, 4) is 0 Å². The first-order valence-electron chi connectivity index (χ1n) is 7.25. The summed E-state index contributed by atoms with van der Waals surface area (Å²) in [6.45, 7) is 3.19. The quantitative estimate of drug-likeness (QED) is 0.721. The van der Waals surface area contributed by atoms with Crippen LogP contribution in [-0.4, -0.2) is 36.8 Å². The van der Waals surface area contributed by atoms with Crippen LogP contribution in [-0.2, 0) is 11.3 Å². The Labute approximate surface area is 130 Å². The van der Waals surface area contributed by atoms with Crippen LogP contribution in [0.2, 0.25) is 0 Å². The molecule has 2 rings (SSSR count). The van der Waals surface area contributed by atoms with Crippen LogP contribution in [0.5, 0.6) is 0 Å². The number of hydrogen-bond donors (Lipinski definition) is 1. The van der Waals surface area contributed by atoms with E-state index in [4.69, 9.17) is 4.74 Å². The second kappa shape index (κ2) is 8.95. The highest BCUT2D eigenvalue weighted by Crippen LogP contribution is 2.16. The average molecular weight is 305 g/mol. The topological polar surface area (TPSA) is 32.7 Å². The molecule has 0 radical (unpaired) electrons. The van der Waals surface area contributed by atoms with Crippen LogP contribution in [0, 0.1) is 0 Å². The minimum atomic E-state index is -0.451. The third kappa shape index (κ3) is 5.59. The van der Waals surface area contributed by atoms with Crippen molar-refractivity contribution in [2.75, 3.05) is 26.8 Å². The molecule has 0 saturated carbocycles. The second-order valence-electron chi connectivity index (χ2n) is 5.14. The Kier molecular flexibility index (Phi) is 6.89. The molecule has 0 spiro atoms. The molecule has 1 heterocycles. The third-order valence-electron chi connectivity index (χ3n) is 3.42. The Morgan fingerprint density at radius 3 is 2.71 bits per heavy atom. The summed E-state index contributed by atoms with van der Waals surface area (Å²) in [4.78, 5) is 2.29. The summed E-state index contributed by atoms with van der Waals surface area (Å²) in [7, 11) is 1.72. The Bertz CT molecular complexity index is 487. The molecular formula is C17H23NO2S. The zero-order valence-electron chi connectivity index (χ0n) is 12.4. The maximum atomic E-state index is 10.4. The molecule has 3 nitrogen and oxygen atoms in total. The summed E-state index contributed by atoms with van der Waals surface area (Å²) in [6.07, 6.45) is 0.523. The molecule has 0 saturated heterocycles. The van der Waals surface area contributed by atoms with Crippen molar-refractivity contribution in [2.45, 2.75) is 19.1 Å². The molecule has 0 aliphatic rings. The van der Waals surface area contributed by atoms with Crippen molar-refractivity contribution in [3.05, 3.63) is 58.3 Å². The van der Waals surface area contributed by atoms with Crippen LogP contribution >= 0.6 is 11.3 Å². The standard InChI is InChI=1S/C17H23NO2S/c1-20-10-5-9-18(12-15-8-11-21-14-15)13-17(19)16-6-3-2-4-7-16/h2-4,6-8,11,14,17,19H,5,9-10,12-13H2,1H3. The van der Waals surface area contributed by atoms with Gasteiger partial charge in [0.2, 0.25) is 0 Å². The van der Waals surface area contributed by atoms with Crippen LogP contribution in [0.15, 0.2) is 47.2 Å². The van der Waals surface area contributed by atoms with Gasteiger partial charge in [0.25, 0.3) is 0 Å². The fourth-order valence-corrected chi connectivity index (χ4v) is 2.99. The van der Waals surface area contributed by atoms with Crippen molar-refractivity contribution >= 4 is 11.3 Å². The Balaban J connectivity index is 1.94. The summed E-state index contributed by atoms with van der Waals surface area (Å²) in [5.74, 6) is 0. The fourth-order valence-electron chi connectivity index (χ4n) is 2.33. The molecule has 1 aromatic heterocycles. The van der Waals surface area contributed by atoms with Crippen molar-refractivity contribution in [2.24, 2.45) is 0 Å². The summed E-state index contributed by atoms with van der Waals surface area (Å²) >= 11 is 1.71. The van der Waals surface area contributed by atoms with Crippen LogP contribution < -0.4 is 0 Å². The molecule has 1 atom stereocenters. The molecule has 114 valence electrons. The van der Waals surface area contributed by atoms with E-state index in [2.05, 4.69) is 21.7 Å². The summed E-state index contributed by atoms with van der Waals surface area (Å²) in [5.41, 5.74) is 2.28. The first kappa shape index (κ1) is 16.2. The molecule has 2 aromatic rings. The van der Waals surface area contributed by atoms with E-state index in [0.29, 0.717) is 6.54 Å². The van der Waals surface area contributed by atoms with Crippen LogP contribution in [0.25, 0.3) is 0 Å². The number of ether oxygens (including phenoxy) is 1. The largest absolute Gasteiger partial charge is 0.387 e. The SMILES string of the molecule is COCCCN(Cc1ccsc1)CC(O)c1ccccc1. The highest BCUT2D eigenvalue weighted by molar-refractivity contribution is 7.07. The predicted octanol–water partition coefficient (Wildman–Crippen LogP) is 3.32. The van der Waals surface area contributed by atoms with Crippen LogP contribution in [0.1, 0.15) is 23.7 Å². The molecular weight excluding hydrogens is 282 g/mol. The lowest BCUT2D eigenvalue weighted by Gasteiger charge is -2.25. The molecule has 4 heteroatoms. The lowest BCUT2D eigenvalue weighted by Crippen LogP contribution is -2.29. The monoisotopic (exact) mass is 305 g/mol. The van der Waals surface area contributed by atoms with Crippen LogP contribution in [0.3, 0.4) is 0 Å². The van der Waals surface area contributed by atoms with Gasteiger partial charge in [0.1, 0.15) is 0 Å². The minimum absolute atomic E-state index is 0.451.